The van der Waals surface area contributed by atoms with Gasteiger partial charge in [-0.05, 0) is 68.2 Å². The Kier molecular flexibility index (Phi) is 3.95. The lowest BCUT2D eigenvalue weighted by Gasteiger charge is -2.25. The van der Waals surface area contributed by atoms with E-state index in [0.717, 1.165) is 37.4 Å². The van der Waals surface area contributed by atoms with Crippen molar-refractivity contribution in [1.82, 2.24) is 0 Å². The first-order valence-electron chi connectivity index (χ1n) is 7.90. The molecule has 1 aliphatic carbocycles. The highest BCUT2D eigenvalue weighted by Gasteiger charge is 2.24. The van der Waals surface area contributed by atoms with Gasteiger partial charge in [-0.3, -0.25) is 4.79 Å². The summed E-state index contributed by atoms with van der Waals surface area (Å²) >= 11 is 0. The lowest BCUT2D eigenvalue weighted by Crippen LogP contribution is -2.26. The molecule has 0 bridgehead atoms. The van der Waals surface area contributed by atoms with Crippen molar-refractivity contribution in [2.24, 2.45) is 11.8 Å². The maximum absolute atomic E-state index is 12.3. The molecule has 0 atom stereocenters. The molecule has 1 fully saturated rings. The van der Waals surface area contributed by atoms with Gasteiger partial charge in [0.15, 0.2) is 0 Å². The Morgan fingerprint density at radius 3 is 2.85 bits per heavy atom. The zero-order valence-electron chi connectivity index (χ0n) is 12.2. The van der Waals surface area contributed by atoms with E-state index < -0.39 is 0 Å². The van der Waals surface area contributed by atoms with E-state index in [1.54, 1.807) is 0 Å². The molecule has 3 nitrogen and oxygen atoms in total. The number of carbonyl (C=O) groups is 1. The molecule has 2 aliphatic rings. The van der Waals surface area contributed by atoms with Gasteiger partial charge in [0.05, 0.1) is 0 Å². The zero-order valence-corrected chi connectivity index (χ0v) is 12.2. The number of hydrogen-bond acceptors (Lipinski definition) is 2. The van der Waals surface area contributed by atoms with Crippen molar-refractivity contribution in [2.75, 3.05) is 17.2 Å². The van der Waals surface area contributed by atoms with Gasteiger partial charge >= 0.3 is 0 Å². The summed E-state index contributed by atoms with van der Waals surface area (Å²) in [5, 5.41) is 6.51. The Balaban J connectivity index is 1.64. The Labute approximate surface area is 121 Å². The maximum Gasteiger partial charge on any atom is 0.227 e. The average Bonchev–Trinajstić information content (AvgIpc) is 2.48. The number of amides is 1. The zero-order chi connectivity index (χ0) is 13.9. The van der Waals surface area contributed by atoms with Crippen LogP contribution < -0.4 is 10.6 Å². The molecule has 1 aromatic carbocycles. The second kappa shape index (κ2) is 5.86. The van der Waals surface area contributed by atoms with Crippen molar-refractivity contribution in [2.45, 2.75) is 45.4 Å². The molecular formula is C17H24N2O. The van der Waals surface area contributed by atoms with Crippen LogP contribution in [0, 0.1) is 11.8 Å². The summed E-state index contributed by atoms with van der Waals surface area (Å²) in [6.45, 7) is 3.34. The molecule has 1 amide bonds. The summed E-state index contributed by atoms with van der Waals surface area (Å²) in [5.41, 5.74) is 3.50. The quantitative estimate of drug-likeness (QED) is 0.859. The second-order valence-electron chi connectivity index (χ2n) is 6.35. The second-order valence-corrected chi connectivity index (χ2v) is 6.35. The third-order valence-electron chi connectivity index (χ3n) is 4.70. The Bertz CT molecular complexity index is 490. The molecule has 1 saturated carbocycles. The molecule has 3 rings (SSSR count). The van der Waals surface area contributed by atoms with Gasteiger partial charge in [-0.2, -0.15) is 0 Å². The van der Waals surface area contributed by atoms with Crippen molar-refractivity contribution in [1.29, 1.82) is 0 Å². The Morgan fingerprint density at radius 1 is 1.25 bits per heavy atom. The van der Waals surface area contributed by atoms with Crippen LogP contribution >= 0.6 is 0 Å². The number of anilines is 2. The van der Waals surface area contributed by atoms with Gasteiger partial charge < -0.3 is 10.6 Å². The number of aryl methyl sites for hydroxylation is 1. The molecule has 1 aliphatic heterocycles. The SMILES string of the molecule is CC1CCC(C(=O)Nc2ccc3c(c2)CCCN3)CC1. The van der Waals surface area contributed by atoms with E-state index in [1.807, 2.05) is 6.07 Å². The van der Waals surface area contributed by atoms with Gasteiger partial charge in [0.25, 0.3) is 0 Å². The normalized spacial score (nSPS) is 25.4. The summed E-state index contributed by atoms with van der Waals surface area (Å²) < 4.78 is 0. The van der Waals surface area contributed by atoms with E-state index in [2.05, 4.69) is 29.7 Å². The van der Waals surface area contributed by atoms with Crippen LogP contribution in [0.5, 0.6) is 0 Å². The van der Waals surface area contributed by atoms with Crippen molar-refractivity contribution < 1.29 is 4.79 Å². The van der Waals surface area contributed by atoms with Crippen LogP contribution in [-0.4, -0.2) is 12.5 Å². The molecule has 1 heterocycles. The van der Waals surface area contributed by atoms with E-state index in [-0.39, 0.29) is 11.8 Å². The monoisotopic (exact) mass is 272 g/mol. The minimum atomic E-state index is 0.209. The number of fused-ring (bicyclic) bond motifs is 1. The summed E-state index contributed by atoms with van der Waals surface area (Å²) in [5.74, 6) is 1.20. The van der Waals surface area contributed by atoms with Crippen LogP contribution in [0.25, 0.3) is 0 Å². The van der Waals surface area contributed by atoms with E-state index in [4.69, 9.17) is 0 Å². The molecule has 108 valence electrons. The van der Waals surface area contributed by atoms with Crippen LogP contribution in [0.4, 0.5) is 11.4 Å². The highest BCUT2D eigenvalue weighted by Crippen LogP contribution is 2.30. The Morgan fingerprint density at radius 2 is 2.05 bits per heavy atom. The minimum Gasteiger partial charge on any atom is -0.385 e. The lowest BCUT2D eigenvalue weighted by molar-refractivity contribution is -0.121. The van der Waals surface area contributed by atoms with Crippen molar-refractivity contribution in [3.05, 3.63) is 23.8 Å². The summed E-state index contributed by atoms with van der Waals surface area (Å²) in [4.78, 5) is 12.3. The molecule has 2 N–H and O–H groups in total. The fraction of sp³-hybridized carbons (Fsp3) is 0.588. The fourth-order valence-corrected chi connectivity index (χ4v) is 3.32. The van der Waals surface area contributed by atoms with Crippen LogP contribution in [-0.2, 0) is 11.2 Å². The predicted octanol–water partition coefficient (Wildman–Crippen LogP) is 3.81. The molecule has 20 heavy (non-hydrogen) atoms. The predicted molar refractivity (Wildman–Crippen MR) is 83.0 cm³/mol. The smallest absolute Gasteiger partial charge is 0.227 e. The van der Waals surface area contributed by atoms with Gasteiger partial charge in [-0.25, -0.2) is 0 Å². The van der Waals surface area contributed by atoms with Gasteiger partial charge in [0.1, 0.15) is 0 Å². The number of hydrogen-bond donors (Lipinski definition) is 2. The summed E-state index contributed by atoms with van der Waals surface area (Å²) in [6, 6.07) is 6.23. The van der Waals surface area contributed by atoms with Gasteiger partial charge in [0, 0.05) is 23.8 Å². The molecule has 3 heteroatoms. The van der Waals surface area contributed by atoms with E-state index in [0.29, 0.717) is 0 Å². The van der Waals surface area contributed by atoms with Crippen LogP contribution in [0.15, 0.2) is 18.2 Å². The van der Waals surface area contributed by atoms with Crippen LogP contribution in [0.2, 0.25) is 0 Å². The number of rotatable bonds is 2. The third-order valence-corrected chi connectivity index (χ3v) is 4.70. The molecule has 0 spiro atoms. The third kappa shape index (κ3) is 2.97. The first kappa shape index (κ1) is 13.5. The summed E-state index contributed by atoms with van der Waals surface area (Å²) in [7, 11) is 0. The van der Waals surface area contributed by atoms with Gasteiger partial charge in [-0.15, -0.1) is 0 Å². The van der Waals surface area contributed by atoms with Crippen molar-refractivity contribution in [3.63, 3.8) is 0 Å². The average molecular weight is 272 g/mol. The standard InChI is InChI=1S/C17H24N2O/c1-12-4-6-13(7-5-12)17(20)19-15-8-9-16-14(11-15)3-2-10-18-16/h8-9,11-13,18H,2-7,10H2,1H3,(H,19,20). The highest BCUT2D eigenvalue weighted by molar-refractivity contribution is 5.93. The summed E-state index contributed by atoms with van der Waals surface area (Å²) in [6.07, 6.45) is 6.73. The molecule has 1 aromatic rings. The molecule has 0 radical (unpaired) electrons. The molecular weight excluding hydrogens is 248 g/mol. The van der Waals surface area contributed by atoms with Crippen LogP contribution in [0.1, 0.15) is 44.6 Å². The topological polar surface area (TPSA) is 41.1 Å². The van der Waals surface area contributed by atoms with E-state index >= 15 is 0 Å². The van der Waals surface area contributed by atoms with Crippen molar-refractivity contribution in [3.8, 4) is 0 Å². The molecule has 0 aromatic heterocycles. The fourth-order valence-electron chi connectivity index (χ4n) is 3.32. The van der Waals surface area contributed by atoms with Gasteiger partial charge in [-0.1, -0.05) is 6.92 Å². The van der Waals surface area contributed by atoms with Crippen LogP contribution in [0.3, 0.4) is 0 Å². The first-order valence-corrected chi connectivity index (χ1v) is 7.90. The number of nitrogens with one attached hydrogen (secondary N) is 2. The number of benzene rings is 1. The van der Waals surface area contributed by atoms with E-state index in [1.165, 1.54) is 30.5 Å². The number of carbonyl (C=O) groups excluding carboxylic acids is 1. The van der Waals surface area contributed by atoms with Gasteiger partial charge in [0.2, 0.25) is 5.91 Å². The highest BCUT2D eigenvalue weighted by atomic mass is 16.1. The molecule has 0 unspecified atom stereocenters. The minimum absolute atomic E-state index is 0.209. The largest absolute Gasteiger partial charge is 0.385 e. The van der Waals surface area contributed by atoms with E-state index in [9.17, 15) is 4.79 Å². The van der Waals surface area contributed by atoms with Crippen molar-refractivity contribution >= 4 is 17.3 Å². The lowest BCUT2D eigenvalue weighted by atomic mass is 9.82. The maximum atomic E-state index is 12.3. The first-order chi connectivity index (χ1) is 9.72. The molecule has 0 saturated heterocycles. The Hall–Kier alpha value is -1.51.